The van der Waals surface area contributed by atoms with E-state index in [0.29, 0.717) is 16.6 Å². The molecule has 0 aliphatic carbocycles. The quantitative estimate of drug-likeness (QED) is 0.851. The van der Waals surface area contributed by atoms with Gasteiger partial charge in [0, 0.05) is 12.7 Å². The van der Waals surface area contributed by atoms with Crippen LogP contribution in [0.15, 0.2) is 47.6 Å². The molecule has 0 aliphatic rings. The molecule has 110 valence electrons. The van der Waals surface area contributed by atoms with Crippen molar-refractivity contribution in [2.24, 2.45) is 0 Å². The standard InChI is InChI=1S/C16H17ClN2OS/c1-11-5-7-13(8-6-11)10-19-15(20)12(2)21-16-14(17)4-3-9-18-16/h3-9,12H,10H2,1-2H3,(H,19,20). The molecule has 21 heavy (non-hydrogen) atoms. The number of carbonyl (C=O) groups is 1. The zero-order chi connectivity index (χ0) is 15.2. The first-order valence-electron chi connectivity index (χ1n) is 6.66. The Morgan fingerprint density at radius 1 is 1.33 bits per heavy atom. The Morgan fingerprint density at radius 3 is 2.71 bits per heavy atom. The largest absolute Gasteiger partial charge is 0.351 e. The van der Waals surface area contributed by atoms with E-state index >= 15 is 0 Å². The van der Waals surface area contributed by atoms with Crippen molar-refractivity contribution in [3.63, 3.8) is 0 Å². The van der Waals surface area contributed by atoms with Gasteiger partial charge in [-0.25, -0.2) is 4.98 Å². The molecule has 1 heterocycles. The zero-order valence-electron chi connectivity index (χ0n) is 12.0. The summed E-state index contributed by atoms with van der Waals surface area (Å²) in [7, 11) is 0. The van der Waals surface area contributed by atoms with E-state index in [2.05, 4.69) is 10.3 Å². The van der Waals surface area contributed by atoms with Crippen LogP contribution in [0.5, 0.6) is 0 Å². The van der Waals surface area contributed by atoms with E-state index in [4.69, 9.17) is 11.6 Å². The van der Waals surface area contributed by atoms with E-state index in [1.807, 2.05) is 38.1 Å². The van der Waals surface area contributed by atoms with Gasteiger partial charge in [-0.3, -0.25) is 4.79 Å². The number of aromatic nitrogens is 1. The SMILES string of the molecule is Cc1ccc(CNC(=O)C(C)Sc2ncccc2Cl)cc1. The first-order chi connectivity index (χ1) is 10.1. The highest BCUT2D eigenvalue weighted by Crippen LogP contribution is 2.27. The summed E-state index contributed by atoms with van der Waals surface area (Å²) in [6.45, 7) is 4.41. The monoisotopic (exact) mass is 320 g/mol. The van der Waals surface area contributed by atoms with Gasteiger partial charge in [0.25, 0.3) is 0 Å². The summed E-state index contributed by atoms with van der Waals surface area (Å²) in [6.07, 6.45) is 1.67. The lowest BCUT2D eigenvalue weighted by Gasteiger charge is -2.12. The van der Waals surface area contributed by atoms with Crippen molar-refractivity contribution < 1.29 is 4.79 Å². The average Bonchev–Trinajstić information content (AvgIpc) is 2.48. The van der Waals surface area contributed by atoms with Gasteiger partial charge in [0.05, 0.1) is 10.3 Å². The van der Waals surface area contributed by atoms with Crippen molar-refractivity contribution >= 4 is 29.3 Å². The molecule has 1 N–H and O–H groups in total. The number of aryl methyl sites for hydroxylation is 1. The Labute approximate surface area is 134 Å². The minimum Gasteiger partial charge on any atom is -0.351 e. The second-order valence-electron chi connectivity index (χ2n) is 4.75. The van der Waals surface area contributed by atoms with Crippen LogP contribution in [-0.4, -0.2) is 16.1 Å². The zero-order valence-corrected chi connectivity index (χ0v) is 13.5. The molecule has 0 radical (unpaired) electrons. The number of carbonyl (C=O) groups excluding carboxylic acids is 1. The fraction of sp³-hybridized carbons (Fsp3) is 0.250. The molecule has 0 bridgehead atoms. The van der Waals surface area contributed by atoms with Crippen molar-refractivity contribution in [1.82, 2.24) is 10.3 Å². The van der Waals surface area contributed by atoms with Crippen LogP contribution in [0.25, 0.3) is 0 Å². The van der Waals surface area contributed by atoms with E-state index in [-0.39, 0.29) is 11.2 Å². The van der Waals surface area contributed by atoms with Crippen molar-refractivity contribution in [2.75, 3.05) is 0 Å². The highest BCUT2D eigenvalue weighted by molar-refractivity contribution is 8.00. The Morgan fingerprint density at radius 2 is 2.05 bits per heavy atom. The summed E-state index contributed by atoms with van der Waals surface area (Å²) < 4.78 is 0. The fourth-order valence-corrected chi connectivity index (χ4v) is 2.80. The van der Waals surface area contributed by atoms with Crippen LogP contribution in [0.4, 0.5) is 0 Å². The van der Waals surface area contributed by atoms with Crippen molar-refractivity contribution in [1.29, 1.82) is 0 Å². The van der Waals surface area contributed by atoms with E-state index in [1.165, 1.54) is 17.3 Å². The number of rotatable bonds is 5. The molecule has 5 heteroatoms. The molecule has 1 unspecified atom stereocenters. The predicted molar refractivity (Wildman–Crippen MR) is 87.6 cm³/mol. The topological polar surface area (TPSA) is 42.0 Å². The van der Waals surface area contributed by atoms with E-state index in [9.17, 15) is 4.79 Å². The lowest BCUT2D eigenvalue weighted by atomic mass is 10.1. The Hall–Kier alpha value is -1.52. The normalized spacial score (nSPS) is 12.0. The highest BCUT2D eigenvalue weighted by atomic mass is 35.5. The Balaban J connectivity index is 1.88. The summed E-state index contributed by atoms with van der Waals surface area (Å²) >= 11 is 7.41. The second kappa shape index (κ2) is 7.48. The van der Waals surface area contributed by atoms with Gasteiger partial charge in [0.1, 0.15) is 5.03 Å². The summed E-state index contributed by atoms with van der Waals surface area (Å²) in [4.78, 5) is 16.3. The third-order valence-electron chi connectivity index (χ3n) is 2.97. The van der Waals surface area contributed by atoms with Crippen molar-refractivity contribution in [2.45, 2.75) is 30.7 Å². The van der Waals surface area contributed by atoms with Crippen LogP contribution in [0.2, 0.25) is 5.02 Å². The molecule has 1 aromatic heterocycles. The third kappa shape index (κ3) is 4.76. The summed E-state index contributed by atoms with van der Waals surface area (Å²) in [5.74, 6) is -0.0257. The number of halogens is 1. The molecular weight excluding hydrogens is 304 g/mol. The number of pyridine rings is 1. The van der Waals surface area contributed by atoms with Gasteiger partial charge in [0.15, 0.2) is 0 Å². The van der Waals surface area contributed by atoms with Crippen LogP contribution >= 0.6 is 23.4 Å². The summed E-state index contributed by atoms with van der Waals surface area (Å²) in [5.41, 5.74) is 2.29. The number of thioether (sulfide) groups is 1. The summed E-state index contributed by atoms with van der Waals surface area (Å²) in [6, 6.07) is 11.6. The first-order valence-corrected chi connectivity index (χ1v) is 7.92. The van der Waals surface area contributed by atoms with Crippen LogP contribution in [0, 0.1) is 6.92 Å². The molecule has 0 aliphatic heterocycles. The van der Waals surface area contributed by atoms with Crippen LogP contribution in [0.1, 0.15) is 18.1 Å². The average molecular weight is 321 g/mol. The van der Waals surface area contributed by atoms with Crippen LogP contribution < -0.4 is 5.32 Å². The molecule has 0 fully saturated rings. The predicted octanol–water partition coefficient (Wildman–Crippen LogP) is 3.84. The molecular formula is C16H17ClN2OS. The molecule has 1 amide bonds. The van der Waals surface area contributed by atoms with Crippen molar-refractivity contribution in [3.05, 3.63) is 58.7 Å². The number of nitrogens with one attached hydrogen (secondary N) is 1. The molecule has 3 nitrogen and oxygen atoms in total. The molecule has 2 rings (SSSR count). The van der Waals surface area contributed by atoms with Crippen LogP contribution in [0.3, 0.4) is 0 Å². The molecule has 0 spiro atoms. The fourth-order valence-electron chi connectivity index (χ4n) is 1.72. The third-order valence-corrected chi connectivity index (χ3v) is 4.50. The number of nitrogens with zero attached hydrogens (tertiary/aromatic N) is 1. The van der Waals surface area contributed by atoms with E-state index in [0.717, 1.165) is 5.56 Å². The Kier molecular flexibility index (Phi) is 5.65. The first kappa shape index (κ1) is 15.9. The maximum absolute atomic E-state index is 12.1. The maximum Gasteiger partial charge on any atom is 0.233 e. The highest BCUT2D eigenvalue weighted by Gasteiger charge is 2.16. The lowest BCUT2D eigenvalue weighted by Crippen LogP contribution is -2.30. The van der Waals surface area contributed by atoms with Gasteiger partial charge in [-0.15, -0.1) is 0 Å². The van der Waals surface area contributed by atoms with Gasteiger partial charge in [0.2, 0.25) is 5.91 Å². The number of amides is 1. The van der Waals surface area contributed by atoms with Gasteiger partial charge < -0.3 is 5.32 Å². The molecule has 2 aromatic rings. The van der Waals surface area contributed by atoms with Crippen LogP contribution in [-0.2, 0) is 11.3 Å². The Bertz CT molecular complexity index is 616. The summed E-state index contributed by atoms with van der Waals surface area (Å²) in [5, 5.41) is 3.93. The number of hydrogen-bond acceptors (Lipinski definition) is 3. The van der Waals surface area contributed by atoms with Gasteiger partial charge >= 0.3 is 0 Å². The molecule has 1 atom stereocenters. The van der Waals surface area contributed by atoms with Gasteiger partial charge in [-0.2, -0.15) is 0 Å². The van der Waals surface area contributed by atoms with E-state index < -0.39 is 0 Å². The smallest absolute Gasteiger partial charge is 0.233 e. The minimum atomic E-state index is -0.247. The maximum atomic E-state index is 12.1. The molecule has 0 saturated heterocycles. The molecule has 0 saturated carbocycles. The van der Waals surface area contributed by atoms with Crippen molar-refractivity contribution in [3.8, 4) is 0 Å². The number of benzene rings is 1. The molecule has 1 aromatic carbocycles. The van der Waals surface area contributed by atoms with Gasteiger partial charge in [-0.1, -0.05) is 53.2 Å². The second-order valence-corrected chi connectivity index (χ2v) is 6.49. The minimum absolute atomic E-state index is 0.0257. The number of hydrogen-bond donors (Lipinski definition) is 1. The van der Waals surface area contributed by atoms with Gasteiger partial charge in [-0.05, 0) is 31.5 Å². The van der Waals surface area contributed by atoms with E-state index in [1.54, 1.807) is 18.3 Å². The lowest BCUT2D eigenvalue weighted by molar-refractivity contribution is -0.120.